The van der Waals surface area contributed by atoms with Gasteiger partial charge in [-0.25, -0.2) is 0 Å². The normalized spacial score (nSPS) is 7.20. The van der Waals surface area contributed by atoms with Gasteiger partial charge >= 0.3 is 0 Å². The van der Waals surface area contributed by atoms with E-state index in [-0.39, 0.29) is 5.91 Å². The molecule has 1 N–H and O–H groups in total. The van der Waals surface area contributed by atoms with Crippen LogP contribution in [0.15, 0.2) is 0 Å². The molecule has 1 amide bonds. The van der Waals surface area contributed by atoms with Crippen LogP contribution < -0.4 is 0 Å². The lowest BCUT2D eigenvalue weighted by Gasteiger charge is -2.02. The lowest BCUT2D eigenvalue weighted by Crippen LogP contribution is -2.17. The topological polar surface area (TPSA) is 57.6 Å². The summed E-state index contributed by atoms with van der Waals surface area (Å²) in [7, 11) is 3.45. The van der Waals surface area contributed by atoms with Gasteiger partial charge in [0.15, 0.2) is 0 Å². The predicted octanol–water partition coefficient (Wildman–Crippen LogP) is 0.185. The highest BCUT2D eigenvalue weighted by atomic mass is 16.4. The maximum atomic E-state index is 10.1. The Hall–Kier alpha value is -1.06. The number of rotatable bonds is 0. The number of carboxylic acids is 1. The number of aliphatic carboxylic acids is 1. The van der Waals surface area contributed by atoms with Gasteiger partial charge in [0.1, 0.15) is 0 Å². The largest absolute Gasteiger partial charge is 0.481 e. The lowest BCUT2D eigenvalue weighted by molar-refractivity contribution is -0.134. The fraction of sp³-hybridized carbons (Fsp3) is 0.667. The van der Waals surface area contributed by atoms with Gasteiger partial charge in [0.25, 0.3) is 5.97 Å². The molecule has 0 saturated carbocycles. The number of hydrogen-bond acceptors (Lipinski definition) is 2. The van der Waals surface area contributed by atoms with Crippen LogP contribution in [0.25, 0.3) is 0 Å². The Kier molecular flexibility index (Phi) is 7.10. The molecule has 10 heavy (non-hydrogen) atoms. The minimum absolute atomic E-state index is 0.0926. The third-order valence-electron chi connectivity index (χ3n) is 0.630. The SMILES string of the molecule is CC(=O)N(C)C.CC(=O)O. The third-order valence-corrected chi connectivity index (χ3v) is 0.630. The van der Waals surface area contributed by atoms with Crippen molar-refractivity contribution >= 4 is 11.9 Å². The van der Waals surface area contributed by atoms with Crippen LogP contribution in [0.4, 0.5) is 0 Å². The minimum atomic E-state index is -0.833. The zero-order valence-electron chi connectivity index (χ0n) is 6.71. The number of carbonyl (C=O) groups excluding carboxylic acids is 1. The first kappa shape index (κ1) is 11.7. The highest BCUT2D eigenvalue weighted by Crippen LogP contribution is 1.69. The molecule has 0 aliphatic heterocycles. The summed E-state index contributed by atoms with van der Waals surface area (Å²) in [5.41, 5.74) is 0. The van der Waals surface area contributed by atoms with Crippen molar-refractivity contribution in [1.29, 1.82) is 0 Å². The number of carbonyl (C=O) groups is 2. The van der Waals surface area contributed by atoms with Gasteiger partial charge in [0.2, 0.25) is 5.91 Å². The van der Waals surface area contributed by atoms with E-state index in [1.54, 1.807) is 14.1 Å². The number of hydrogen-bond donors (Lipinski definition) is 1. The minimum Gasteiger partial charge on any atom is -0.481 e. The van der Waals surface area contributed by atoms with E-state index in [0.29, 0.717) is 0 Å². The van der Waals surface area contributed by atoms with Crippen LogP contribution in [0.2, 0.25) is 0 Å². The van der Waals surface area contributed by atoms with Gasteiger partial charge in [-0.1, -0.05) is 0 Å². The Bertz CT molecular complexity index is 116. The standard InChI is InChI=1S/C4H9NO.C2H4O2/c1-4(6)5(2)3;1-2(3)4/h1-3H3;1H3,(H,3,4). The van der Waals surface area contributed by atoms with Crippen molar-refractivity contribution in [2.75, 3.05) is 14.1 Å². The number of amides is 1. The van der Waals surface area contributed by atoms with Gasteiger partial charge in [-0.2, -0.15) is 0 Å². The molecule has 0 radical (unpaired) electrons. The first-order valence-electron chi connectivity index (χ1n) is 2.75. The van der Waals surface area contributed by atoms with Crippen molar-refractivity contribution in [3.63, 3.8) is 0 Å². The maximum Gasteiger partial charge on any atom is 0.300 e. The van der Waals surface area contributed by atoms with Gasteiger partial charge in [0, 0.05) is 27.9 Å². The monoisotopic (exact) mass is 147 g/mol. The first-order valence-corrected chi connectivity index (χ1v) is 2.75. The van der Waals surface area contributed by atoms with Crippen molar-refractivity contribution in [3.05, 3.63) is 0 Å². The molecule has 0 spiro atoms. The van der Waals surface area contributed by atoms with Gasteiger partial charge in [0.05, 0.1) is 0 Å². The molecule has 4 heteroatoms. The maximum absolute atomic E-state index is 10.1. The second-order valence-electron chi connectivity index (χ2n) is 1.93. The Labute approximate surface area is 60.4 Å². The lowest BCUT2D eigenvalue weighted by atomic mass is 10.7. The highest BCUT2D eigenvalue weighted by molar-refractivity contribution is 5.72. The summed E-state index contributed by atoms with van der Waals surface area (Å²) in [6, 6.07) is 0. The molecule has 0 aromatic rings. The molecular formula is C6H13NO3. The molecule has 0 fully saturated rings. The number of carboxylic acid groups (broad SMARTS) is 1. The molecule has 0 atom stereocenters. The summed E-state index contributed by atoms with van der Waals surface area (Å²) >= 11 is 0. The summed E-state index contributed by atoms with van der Waals surface area (Å²) in [4.78, 5) is 20.6. The molecule has 0 aromatic heterocycles. The molecule has 0 bridgehead atoms. The molecule has 0 unspecified atom stereocenters. The van der Waals surface area contributed by atoms with Crippen molar-refractivity contribution in [2.24, 2.45) is 0 Å². The van der Waals surface area contributed by atoms with Crippen molar-refractivity contribution < 1.29 is 14.7 Å². The van der Waals surface area contributed by atoms with Crippen LogP contribution in [-0.4, -0.2) is 36.0 Å². The average molecular weight is 147 g/mol. The van der Waals surface area contributed by atoms with Crippen LogP contribution in [0.5, 0.6) is 0 Å². The van der Waals surface area contributed by atoms with E-state index >= 15 is 0 Å². The molecule has 4 nitrogen and oxygen atoms in total. The zero-order chi connectivity index (χ0) is 8.73. The van der Waals surface area contributed by atoms with Gasteiger partial charge in [-0.15, -0.1) is 0 Å². The van der Waals surface area contributed by atoms with E-state index in [1.165, 1.54) is 11.8 Å². The van der Waals surface area contributed by atoms with Gasteiger partial charge in [-0.3, -0.25) is 9.59 Å². The van der Waals surface area contributed by atoms with Crippen molar-refractivity contribution in [1.82, 2.24) is 4.90 Å². The average Bonchev–Trinajstić information content (AvgIpc) is 1.63. The van der Waals surface area contributed by atoms with E-state index < -0.39 is 5.97 Å². The Balaban J connectivity index is 0. The molecule has 0 aliphatic rings. The summed E-state index contributed by atoms with van der Waals surface area (Å²) in [6.45, 7) is 2.61. The van der Waals surface area contributed by atoms with E-state index in [9.17, 15) is 4.79 Å². The van der Waals surface area contributed by atoms with Crippen molar-refractivity contribution in [3.8, 4) is 0 Å². The third kappa shape index (κ3) is 28.3. The van der Waals surface area contributed by atoms with Crippen LogP contribution in [-0.2, 0) is 9.59 Å². The van der Waals surface area contributed by atoms with Crippen molar-refractivity contribution in [2.45, 2.75) is 13.8 Å². The second-order valence-corrected chi connectivity index (χ2v) is 1.93. The van der Waals surface area contributed by atoms with Crippen LogP contribution >= 0.6 is 0 Å². The summed E-state index contributed by atoms with van der Waals surface area (Å²) in [6.07, 6.45) is 0. The van der Waals surface area contributed by atoms with Gasteiger partial charge in [-0.05, 0) is 0 Å². The molecule has 60 valence electrons. The van der Waals surface area contributed by atoms with Crippen LogP contribution in [0.3, 0.4) is 0 Å². The van der Waals surface area contributed by atoms with Crippen LogP contribution in [0, 0.1) is 0 Å². The summed E-state index contributed by atoms with van der Waals surface area (Å²) < 4.78 is 0. The Morgan fingerprint density at radius 2 is 1.30 bits per heavy atom. The highest BCUT2D eigenvalue weighted by Gasteiger charge is 1.87. The molecule has 0 heterocycles. The second kappa shape index (κ2) is 6.07. The van der Waals surface area contributed by atoms with E-state index in [0.717, 1.165) is 6.92 Å². The zero-order valence-corrected chi connectivity index (χ0v) is 6.71. The summed E-state index contributed by atoms with van der Waals surface area (Å²) in [5, 5.41) is 7.42. The molecule has 0 aromatic carbocycles. The van der Waals surface area contributed by atoms with Crippen LogP contribution in [0.1, 0.15) is 13.8 Å². The smallest absolute Gasteiger partial charge is 0.300 e. The fourth-order valence-corrected chi connectivity index (χ4v) is 0. The molecular weight excluding hydrogens is 134 g/mol. The molecule has 0 aliphatic carbocycles. The number of nitrogens with zero attached hydrogens (tertiary/aromatic N) is 1. The Morgan fingerprint density at radius 1 is 1.20 bits per heavy atom. The Morgan fingerprint density at radius 3 is 1.30 bits per heavy atom. The van der Waals surface area contributed by atoms with E-state index in [2.05, 4.69) is 0 Å². The molecule has 0 saturated heterocycles. The van der Waals surface area contributed by atoms with E-state index in [4.69, 9.17) is 9.90 Å². The fourth-order valence-electron chi connectivity index (χ4n) is 0. The molecule has 0 rings (SSSR count). The predicted molar refractivity (Wildman–Crippen MR) is 37.7 cm³/mol. The summed E-state index contributed by atoms with van der Waals surface area (Å²) in [5.74, 6) is -0.741. The van der Waals surface area contributed by atoms with E-state index in [1.807, 2.05) is 0 Å². The quantitative estimate of drug-likeness (QED) is 0.532. The first-order chi connectivity index (χ1) is 4.37. The van der Waals surface area contributed by atoms with Gasteiger partial charge < -0.3 is 10.0 Å².